The summed E-state index contributed by atoms with van der Waals surface area (Å²) < 4.78 is 5.44. The van der Waals surface area contributed by atoms with Gasteiger partial charge in [-0.1, -0.05) is 42.5 Å². The Hall–Kier alpha value is -2.57. The van der Waals surface area contributed by atoms with E-state index in [9.17, 15) is 9.59 Å². The summed E-state index contributed by atoms with van der Waals surface area (Å²) in [5, 5.41) is 0. The molecule has 1 heterocycles. The summed E-state index contributed by atoms with van der Waals surface area (Å²) in [6, 6.07) is 17.5. The van der Waals surface area contributed by atoms with Crippen LogP contribution < -0.4 is 15.4 Å². The molecular weight excluding hydrogens is 378 g/mol. The van der Waals surface area contributed by atoms with Gasteiger partial charge in [-0.15, -0.1) is 12.4 Å². The monoisotopic (exact) mass is 403 g/mol. The summed E-state index contributed by atoms with van der Waals surface area (Å²) >= 11 is 0. The Morgan fingerprint density at radius 3 is 2.54 bits per heavy atom. The third-order valence-corrected chi connectivity index (χ3v) is 4.62. The number of carbonyl (C=O) groups is 2. The molecule has 1 aliphatic heterocycles. The lowest BCUT2D eigenvalue weighted by Gasteiger charge is -2.30. The number of nitrogens with zero attached hydrogens (tertiary/aromatic N) is 2. The topological polar surface area (TPSA) is 75.9 Å². The molecule has 150 valence electrons. The number of carbonyl (C=O) groups excluding carboxylic acids is 2. The van der Waals surface area contributed by atoms with Gasteiger partial charge in [0, 0.05) is 32.6 Å². The molecule has 6 nitrogen and oxygen atoms in total. The van der Waals surface area contributed by atoms with E-state index < -0.39 is 0 Å². The predicted octanol–water partition coefficient (Wildman–Crippen LogP) is 2.25. The minimum absolute atomic E-state index is 0. The van der Waals surface area contributed by atoms with Crippen molar-refractivity contribution in [3.8, 4) is 5.75 Å². The van der Waals surface area contributed by atoms with E-state index in [4.69, 9.17) is 10.5 Å². The SMILES string of the molecule is Cl.NCCN(CCc1ccccc1)C(=O)CCN1C(=O)COc2ccccc21. The molecule has 0 radical (unpaired) electrons. The molecule has 0 saturated heterocycles. The van der Waals surface area contributed by atoms with E-state index in [1.54, 1.807) is 9.80 Å². The van der Waals surface area contributed by atoms with E-state index in [0.717, 1.165) is 12.1 Å². The first kappa shape index (κ1) is 21.7. The van der Waals surface area contributed by atoms with Crippen molar-refractivity contribution in [2.45, 2.75) is 12.8 Å². The van der Waals surface area contributed by atoms with E-state index >= 15 is 0 Å². The molecule has 0 aromatic heterocycles. The first-order valence-electron chi connectivity index (χ1n) is 9.23. The Balaban J connectivity index is 0.00000280. The Kier molecular flexibility index (Phi) is 8.29. The van der Waals surface area contributed by atoms with Crippen molar-refractivity contribution < 1.29 is 14.3 Å². The van der Waals surface area contributed by atoms with Crippen LogP contribution in [0, 0.1) is 0 Å². The molecule has 0 saturated carbocycles. The largest absolute Gasteiger partial charge is 0.482 e. The number of anilines is 1. The van der Waals surface area contributed by atoms with Crippen molar-refractivity contribution in [1.82, 2.24) is 4.90 Å². The van der Waals surface area contributed by atoms with Gasteiger partial charge in [-0.2, -0.15) is 0 Å². The van der Waals surface area contributed by atoms with E-state index in [0.29, 0.717) is 31.9 Å². The number of halogens is 1. The number of nitrogens with two attached hydrogens (primary N) is 1. The van der Waals surface area contributed by atoms with Crippen molar-refractivity contribution in [2.24, 2.45) is 5.73 Å². The number of ether oxygens (including phenoxy) is 1. The second-order valence-electron chi connectivity index (χ2n) is 6.46. The molecule has 3 rings (SSSR count). The van der Waals surface area contributed by atoms with E-state index in [-0.39, 0.29) is 37.2 Å². The van der Waals surface area contributed by atoms with Crippen LogP contribution in [0.5, 0.6) is 5.75 Å². The molecule has 0 unspecified atom stereocenters. The average molecular weight is 404 g/mol. The Bertz CT molecular complexity index is 785. The van der Waals surface area contributed by atoms with Gasteiger partial charge in [-0.05, 0) is 24.1 Å². The zero-order valence-electron chi connectivity index (χ0n) is 15.8. The molecule has 0 spiro atoms. The number of hydrogen-bond donors (Lipinski definition) is 1. The van der Waals surface area contributed by atoms with Gasteiger partial charge in [0.05, 0.1) is 5.69 Å². The van der Waals surface area contributed by atoms with Crippen molar-refractivity contribution in [1.29, 1.82) is 0 Å². The maximum absolute atomic E-state index is 12.7. The lowest BCUT2D eigenvalue weighted by molar-refractivity contribution is -0.131. The maximum atomic E-state index is 12.7. The van der Waals surface area contributed by atoms with Gasteiger partial charge < -0.3 is 20.3 Å². The van der Waals surface area contributed by atoms with Crippen LogP contribution in [0.4, 0.5) is 5.69 Å². The van der Waals surface area contributed by atoms with Crippen LogP contribution >= 0.6 is 12.4 Å². The van der Waals surface area contributed by atoms with Gasteiger partial charge in [-0.3, -0.25) is 9.59 Å². The van der Waals surface area contributed by atoms with Crippen molar-refractivity contribution in [2.75, 3.05) is 37.7 Å². The van der Waals surface area contributed by atoms with E-state index in [1.165, 1.54) is 5.56 Å². The number of fused-ring (bicyclic) bond motifs is 1. The van der Waals surface area contributed by atoms with Crippen molar-refractivity contribution in [3.05, 3.63) is 60.2 Å². The lowest BCUT2D eigenvalue weighted by atomic mass is 10.1. The molecule has 2 amide bonds. The number of rotatable bonds is 8. The summed E-state index contributed by atoms with van der Waals surface area (Å²) in [6.07, 6.45) is 1.04. The van der Waals surface area contributed by atoms with E-state index in [1.807, 2.05) is 42.5 Å². The molecule has 2 N–H and O–H groups in total. The minimum atomic E-state index is -0.129. The second-order valence-corrected chi connectivity index (χ2v) is 6.46. The van der Waals surface area contributed by atoms with Crippen LogP contribution in [-0.2, 0) is 16.0 Å². The fraction of sp³-hybridized carbons (Fsp3) is 0.333. The predicted molar refractivity (Wildman–Crippen MR) is 112 cm³/mol. The molecule has 0 atom stereocenters. The normalized spacial score (nSPS) is 12.6. The number of amides is 2. The highest BCUT2D eigenvalue weighted by molar-refractivity contribution is 5.98. The van der Waals surface area contributed by atoms with Gasteiger partial charge in [0.15, 0.2) is 6.61 Å². The van der Waals surface area contributed by atoms with Crippen molar-refractivity contribution in [3.63, 3.8) is 0 Å². The Labute approximate surface area is 171 Å². The molecule has 7 heteroatoms. The second kappa shape index (κ2) is 10.7. The highest BCUT2D eigenvalue weighted by atomic mass is 35.5. The van der Waals surface area contributed by atoms with Gasteiger partial charge in [-0.25, -0.2) is 0 Å². The summed E-state index contributed by atoms with van der Waals surface area (Å²) in [4.78, 5) is 28.4. The molecule has 2 aromatic carbocycles. The Morgan fingerprint density at radius 2 is 1.79 bits per heavy atom. The van der Waals surface area contributed by atoms with Crippen LogP contribution in [0.25, 0.3) is 0 Å². The highest BCUT2D eigenvalue weighted by Crippen LogP contribution is 2.31. The molecule has 0 fully saturated rings. The average Bonchev–Trinajstić information content (AvgIpc) is 2.71. The maximum Gasteiger partial charge on any atom is 0.265 e. The van der Waals surface area contributed by atoms with Crippen LogP contribution in [0.15, 0.2) is 54.6 Å². The fourth-order valence-corrected chi connectivity index (χ4v) is 3.19. The number of hydrogen-bond acceptors (Lipinski definition) is 4. The third kappa shape index (κ3) is 5.47. The molecular formula is C21H26ClN3O3. The van der Waals surface area contributed by atoms with Crippen LogP contribution in [0.3, 0.4) is 0 Å². The first-order valence-corrected chi connectivity index (χ1v) is 9.23. The van der Waals surface area contributed by atoms with Gasteiger partial charge in [0.2, 0.25) is 5.91 Å². The van der Waals surface area contributed by atoms with Gasteiger partial charge >= 0.3 is 0 Å². The number of para-hydroxylation sites is 2. The zero-order valence-corrected chi connectivity index (χ0v) is 16.6. The lowest BCUT2D eigenvalue weighted by Crippen LogP contribution is -2.43. The summed E-state index contributed by atoms with van der Waals surface area (Å²) in [5.41, 5.74) is 7.59. The number of benzene rings is 2. The molecule has 28 heavy (non-hydrogen) atoms. The minimum Gasteiger partial charge on any atom is -0.482 e. The van der Waals surface area contributed by atoms with Crippen molar-refractivity contribution >= 4 is 29.9 Å². The van der Waals surface area contributed by atoms with E-state index in [2.05, 4.69) is 12.1 Å². The Morgan fingerprint density at radius 1 is 1.07 bits per heavy atom. The quantitative estimate of drug-likeness (QED) is 0.733. The molecule has 0 bridgehead atoms. The fourth-order valence-electron chi connectivity index (χ4n) is 3.19. The molecule has 2 aromatic rings. The smallest absolute Gasteiger partial charge is 0.265 e. The van der Waals surface area contributed by atoms with Gasteiger partial charge in [0.1, 0.15) is 5.75 Å². The van der Waals surface area contributed by atoms with Crippen LogP contribution in [0.1, 0.15) is 12.0 Å². The molecule has 0 aliphatic carbocycles. The molecule has 1 aliphatic rings. The highest BCUT2D eigenvalue weighted by Gasteiger charge is 2.26. The standard InChI is InChI=1S/C21H25N3O3.ClH/c22-12-15-23(13-10-17-6-2-1-3-7-17)20(25)11-14-24-18-8-4-5-9-19(18)27-16-21(24)26;/h1-9H,10-16,22H2;1H. The van der Waals surface area contributed by atoms with Gasteiger partial charge in [0.25, 0.3) is 5.91 Å². The summed E-state index contributed by atoms with van der Waals surface area (Å²) in [7, 11) is 0. The van der Waals surface area contributed by atoms with Crippen LogP contribution in [-0.4, -0.2) is 49.5 Å². The zero-order chi connectivity index (χ0) is 19.1. The summed E-state index contributed by atoms with van der Waals surface area (Å²) in [5.74, 6) is 0.553. The summed E-state index contributed by atoms with van der Waals surface area (Å²) in [6.45, 7) is 1.89. The third-order valence-electron chi connectivity index (χ3n) is 4.62. The van der Waals surface area contributed by atoms with Crippen LogP contribution in [0.2, 0.25) is 0 Å². The first-order chi connectivity index (χ1) is 13.2.